The molecule has 104 valence electrons. The van der Waals surface area contributed by atoms with Gasteiger partial charge in [-0.3, -0.25) is 4.79 Å². The molecular formula is C15H15FN2O2. The Kier molecular flexibility index (Phi) is 4.20. The lowest BCUT2D eigenvalue weighted by Gasteiger charge is -2.17. The summed E-state index contributed by atoms with van der Waals surface area (Å²) < 4.78 is 18.5. The summed E-state index contributed by atoms with van der Waals surface area (Å²) in [6.45, 7) is -0.142. The maximum atomic E-state index is 13.1. The first-order valence-electron chi connectivity index (χ1n) is 6.07. The van der Waals surface area contributed by atoms with Crippen molar-refractivity contribution < 1.29 is 13.9 Å². The van der Waals surface area contributed by atoms with Crippen LogP contribution in [0.4, 0.5) is 15.8 Å². The summed E-state index contributed by atoms with van der Waals surface area (Å²) in [6, 6.07) is 12.6. The van der Waals surface area contributed by atoms with Crippen molar-refractivity contribution >= 4 is 17.3 Å². The van der Waals surface area contributed by atoms with Crippen molar-refractivity contribution in [1.82, 2.24) is 0 Å². The summed E-state index contributed by atoms with van der Waals surface area (Å²) in [6.07, 6.45) is 0. The maximum absolute atomic E-state index is 13.1. The SMILES string of the molecule is CN(C(=O)COc1cccc(N)c1)c1cccc(F)c1. The Labute approximate surface area is 116 Å². The lowest BCUT2D eigenvalue weighted by Crippen LogP contribution is -2.31. The van der Waals surface area contributed by atoms with E-state index in [1.54, 1.807) is 43.4 Å². The molecule has 2 N–H and O–H groups in total. The smallest absolute Gasteiger partial charge is 0.264 e. The van der Waals surface area contributed by atoms with Crippen LogP contribution in [0.1, 0.15) is 0 Å². The first-order chi connectivity index (χ1) is 9.56. The van der Waals surface area contributed by atoms with E-state index in [1.807, 2.05) is 0 Å². The summed E-state index contributed by atoms with van der Waals surface area (Å²) in [5.74, 6) is -0.150. The van der Waals surface area contributed by atoms with Crippen molar-refractivity contribution in [3.8, 4) is 5.75 Å². The van der Waals surface area contributed by atoms with Crippen LogP contribution in [0.25, 0.3) is 0 Å². The van der Waals surface area contributed by atoms with Crippen LogP contribution < -0.4 is 15.4 Å². The highest BCUT2D eigenvalue weighted by Gasteiger charge is 2.12. The number of carbonyl (C=O) groups excluding carboxylic acids is 1. The Morgan fingerprint density at radius 1 is 1.25 bits per heavy atom. The first kappa shape index (κ1) is 13.9. The molecule has 1 amide bonds. The zero-order valence-corrected chi connectivity index (χ0v) is 11.0. The van der Waals surface area contributed by atoms with Gasteiger partial charge in [-0.1, -0.05) is 12.1 Å². The molecule has 0 aliphatic heterocycles. The molecule has 0 aliphatic rings. The number of benzene rings is 2. The van der Waals surface area contributed by atoms with Crippen molar-refractivity contribution in [2.45, 2.75) is 0 Å². The molecule has 0 unspecified atom stereocenters. The van der Waals surface area contributed by atoms with Crippen molar-refractivity contribution in [2.24, 2.45) is 0 Å². The molecule has 2 aromatic rings. The van der Waals surface area contributed by atoms with Gasteiger partial charge in [-0.05, 0) is 30.3 Å². The average Bonchev–Trinajstić information content (AvgIpc) is 2.44. The van der Waals surface area contributed by atoms with Gasteiger partial charge in [-0.15, -0.1) is 0 Å². The van der Waals surface area contributed by atoms with Crippen LogP contribution in [0, 0.1) is 5.82 Å². The van der Waals surface area contributed by atoms with E-state index in [4.69, 9.17) is 10.5 Å². The number of rotatable bonds is 4. The Morgan fingerprint density at radius 3 is 2.70 bits per heavy atom. The molecule has 0 aromatic heterocycles. The molecule has 20 heavy (non-hydrogen) atoms. The monoisotopic (exact) mass is 274 g/mol. The predicted octanol–water partition coefficient (Wildman–Crippen LogP) is 2.45. The molecule has 0 radical (unpaired) electrons. The summed E-state index contributed by atoms with van der Waals surface area (Å²) >= 11 is 0. The minimum atomic E-state index is -0.390. The summed E-state index contributed by atoms with van der Waals surface area (Å²) in [7, 11) is 1.57. The summed E-state index contributed by atoms with van der Waals surface area (Å²) in [5, 5.41) is 0. The lowest BCUT2D eigenvalue weighted by molar-refractivity contribution is -0.120. The van der Waals surface area contributed by atoms with Crippen molar-refractivity contribution in [1.29, 1.82) is 0 Å². The number of anilines is 2. The van der Waals surface area contributed by atoms with E-state index in [0.717, 1.165) is 0 Å². The van der Waals surface area contributed by atoms with Crippen molar-refractivity contribution in [3.05, 3.63) is 54.3 Å². The molecule has 0 spiro atoms. The number of halogens is 1. The molecule has 0 fully saturated rings. The largest absolute Gasteiger partial charge is 0.484 e. The highest BCUT2D eigenvalue weighted by molar-refractivity contribution is 5.93. The summed E-state index contributed by atoms with van der Waals surface area (Å²) in [4.78, 5) is 13.3. The fourth-order valence-electron chi connectivity index (χ4n) is 1.67. The normalized spacial score (nSPS) is 10.1. The number of ether oxygens (including phenoxy) is 1. The fraction of sp³-hybridized carbons (Fsp3) is 0.133. The third-order valence-electron chi connectivity index (χ3n) is 2.79. The lowest BCUT2D eigenvalue weighted by atomic mass is 10.3. The minimum absolute atomic E-state index is 0.142. The number of amides is 1. The zero-order chi connectivity index (χ0) is 14.5. The van der Waals surface area contributed by atoms with E-state index < -0.39 is 0 Å². The van der Waals surface area contributed by atoms with Gasteiger partial charge in [0.2, 0.25) is 0 Å². The van der Waals surface area contributed by atoms with Crippen LogP contribution in [-0.4, -0.2) is 19.6 Å². The average molecular weight is 274 g/mol. The van der Waals surface area contributed by atoms with Crippen LogP contribution in [-0.2, 0) is 4.79 Å². The van der Waals surface area contributed by atoms with Crippen LogP contribution in [0.2, 0.25) is 0 Å². The van der Waals surface area contributed by atoms with E-state index in [9.17, 15) is 9.18 Å². The number of nitrogens with zero attached hydrogens (tertiary/aromatic N) is 1. The molecule has 0 heterocycles. The van der Waals surface area contributed by atoms with Crippen LogP contribution in [0.3, 0.4) is 0 Å². The van der Waals surface area contributed by atoms with Crippen LogP contribution in [0.15, 0.2) is 48.5 Å². The highest BCUT2D eigenvalue weighted by Crippen LogP contribution is 2.16. The molecule has 4 nitrogen and oxygen atoms in total. The van der Waals surface area contributed by atoms with E-state index in [1.165, 1.54) is 17.0 Å². The summed E-state index contributed by atoms with van der Waals surface area (Å²) in [5.41, 5.74) is 6.66. The number of likely N-dealkylation sites (N-methyl/N-ethyl adjacent to an activating group) is 1. The van der Waals surface area contributed by atoms with E-state index in [0.29, 0.717) is 17.1 Å². The number of hydrogen-bond acceptors (Lipinski definition) is 3. The van der Waals surface area contributed by atoms with Gasteiger partial charge in [-0.2, -0.15) is 0 Å². The highest BCUT2D eigenvalue weighted by atomic mass is 19.1. The Bertz CT molecular complexity index is 616. The topological polar surface area (TPSA) is 55.6 Å². The number of nitrogens with two attached hydrogens (primary N) is 1. The molecule has 2 rings (SSSR count). The van der Waals surface area contributed by atoms with Crippen molar-refractivity contribution in [2.75, 3.05) is 24.3 Å². The number of nitrogen functional groups attached to an aromatic ring is 1. The van der Waals surface area contributed by atoms with Crippen molar-refractivity contribution in [3.63, 3.8) is 0 Å². The molecule has 0 bridgehead atoms. The second kappa shape index (κ2) is 6.06. The molecule has 2 aromatic carbocycles. The third-order valence-corrected chi connectivity index (χ3v) is 2.79. The molecule has 0 saturated carbocycles. The minimum Gasteiger partial charge on any atom is -0.484 e. The maximum Gasteiger partial charge on any atom is 0.264 e. The Morgan fingerprint density at radius 2 is 2.00 bits per heavy atom. The van der Waals surface area contributed by atoms with Gasteiger partial charge >= 0.3 is 0 Å². The third kappa shape index (κ3) is 3.47. The number of carbonyl (C=O) groups is 1. The fourth-order valence-corrected chi connectivity index (χ4v) is 1.67. The zero-order valence-electron chi connectivity index (χ0n) is 11.0. The molecule has 5 heteroatoms. The van der Waals surface area contributed by atoms with Gasteiger partial charge in [-0.25, -0.2) is 4.39 Å². The first-order valence-corrected chi connectivity index (χ1v) is 6.07. The van der Waals surface area contributed by atoms with Gasteiger partial charge in [0, 0.05) is 24.5 Å². The van der Waals surface area contributed by atoms with Gasteiger partial charge < -0.3 is 15.4 Å². The molecule has 0 aliphatic carbocycles. The van der Waals surface area contributed by atoms with E-state index >= 15 is 0 Å². The molecule has 0 atom stereocenters. The molecular weight excluding hydrogens is 259 g/mol. The van der Waals surface area contributed by atoms with Gasteiger partial charge in [0.1, 0.15) is 11.6 Å². The Hall–Kier alpha value is -2.56. The van der Waals surface area contributed by atoms with Gasteiger partial charge in [0.05, 0.1) is 0 Å². The van der Waals surface area contributed by atoms with Crippen LogP contribution >= 0.6 is 0 Å². The standard InChI is InChI=1S/C15H15FN2O2/c1-18(13-6-2-4-11(16)8-13)15(19)10-20-14-7-3-5-12(17)9-14/h2-9H,10,17H2,1H3. The van der Waals surface area contributed by atoms with E-state index in [2.05, 4.69) is 0 Å². The van der Waals surface area contributed by atoms with E-state index in [-0.39, 0.29) is 18.3 Å². The second-order valence-corrected chi connectivity index (χ2v) is 4.29. The quantitative estimate of drug-likeness (QED) is 0.871. The van der Waals surface area contributed by atoms with Crippen LogP contribution in [0.5, 0.6) is 5.75 Å². The van der Waals surface area contributed by atoms with Gasteiger partial charge in [0.15, 0.2) is 6.61 Å². The Balaban J connectivity index is 1.98. The predicted molar refractivity (Wildman–Crippen MR) is 76.2 cm³/mol. The van der Waals surface area contributed by atoms with Gasteiger partial charge in [0.25, 0.3) is 5.91 Å². The molecule has 0 saturated heterocycles. The number of hydrogen-bond donors (Lipinski definition) is 1. The second-order valence-electron chi connectivity index (χ2n) is 4.29.